The first kappa shape index (κ1) is 20.9. The van der Waals surface area contributed by atoms with Crippen molar-refractivity contribution in [3.05, 3.63) is 64.2 Å². The molecule has 0 spiro atoms. The van der Waals surface area contributed by atoms with Gasteiger partial charge in [0, 0.05) is 18.7 Å². The fourth-order valence-corrected chi connectivity index (χ4v) is 4.35. The zero-order valence-electron chi connectivity index (χ0n) is 16.9. The first-order chi connectivity index (χ1) is 13.7. The molecule has 1 heterocycles. The third-order valence-corrected chi connectivity index (χ3v) is 6.00. The highest BCUT2D eigenvalue weighted by molar-refractivity contribution is 7.92. The molecule has 1 N–H and O–H groups in total. The molecule has 1 fully saturated rings. The Morgan fingerprint density at radius 3 is 2.38 bits per heavy atom. The van der Waals surface area contributed by atoms with Crippen LogP contribution in [0.2, 0.25) is 0 Å². The molecule has 0 unspecified atom stereocenters. The van der Waals surface area contributed by atoms with Crippen LogP contribution in [0.3, 0.4) is 0 Å². The third kappa shape index (κ3) is 4.96. The molecule has 152 valence electrons. The summed E-state index contributed by atoms with van der Waals surface area (Å²) in [5, 5.41) is 9.09. The number of nitrogens with one attached hydrogen (secondary N) is 1. The Kier molecular flexibility index (Phi) is 5.94. The molecule has 2 aromatic carbocycles. The number of anilines is 1. The van der Waals surface area contributed by atoms with Gasteiger partial charge in [-0.25, -0.2) is 8.42 Å². The third-order valence-electron chi connectivity index (χ3n) is 5.40. The van der Waals surface area contributed by atoms with Crippen LogP contribution < -0.4 is 4.72 Å². The number of rotatable bonds is 4. The highest BCUT2D eigenvalue weighted by Gasteiger charge is 2.25. The molecule has 0 atom stereocenters. The Labute approximate surface area is 172 Å². The number of aryl methyl sites for hydroxylation is 2. The summed E-state index contributed by atoms with van der Waals surface area (Å²) in [6, 6.07) is 13.2. The predicted octanol–water partition coefficient (Wildman–Crippen LogP) is 3.57. The number of hydrogen-bond donors (Lipinski definition) is 1. The maximum Gasteiger partial charge on any atom is 0.253 e. The maximum atomic E-state index is 12.9. The van der Waals surface area contributed by atoms with E-state index in [9.17, 15) is 13.2 Å². The Hall–Kier alpha value is -2.85. The summed E-state index contributed by atoms with van der Waals surface area (Å²) in [5.74, 6) is 0.280. The second-order valence-corrected chi connectivity index (χ2v) is 9.41. The normalized spacial score (nSPS) is 15.0. The lowest BCUT2D eigenvalue weighted by Crippen LogP contribution is -2.38. The number of piperidine rings is 1. The maximum absolute atomic E-state index is 12.9. The second kappa shape index (κ2) is 8.26. The van der Waals surface area contributed by atoms with Gasteiger partial charge < -0.3 is 4.90 Å². The van der Waals surface area contributed by atoms with Crippen molar-refractivity contribution in [1.29, 1.82) is 5.26 Å². The van der Waals surface area contributed by atoms with E-state index in [1.165, 1.54) is 5.56 Å². The van der Waals surface area contributed by atoms with Gasteiger partial charge >= 0.3 is 0 Å². The molecule has 0 saturated carbocycles. The van der Waals surface area contributed by atoms with Gasteiger partial charge in [-0.05, 0) is 67.5 Å². The summed E-state index contributed by atoms with van der Waals surface area (Å²) >= 11 is 0. The molecule has 1 aliphatic heterocycles. The molecule has 1 amide bonds. The van der Waals surface area contributed by atoms with Crippen molar-refractivity contribution in [2.24, 2.45) is 0 Å². The summed E-state index contributed by atoms with van der Waals surface area (Å²) in [5.41, 5.74) is 4.56. The van der Waals surface area contributed by atoms with Crippen molar-refractivity contribution in [3.8, 4) is 6.07 Å². The Morgan fingerprint density at radius 1 is 1.10 bits per heavy atom. The van der Waals surface area contributed by atoms with Crippen LogP contribution in [0.5, 0.6) is 0 Å². The average molecular weight is 412 g/mol. The van der Waals surface area contributed by atoms with Crippen LogP contribution >= 0.6 is 0 Å². The molecule has 0 aliphatic carbocycles. The number of nitrogens with zero attached hydrogens (tertiary/aromatic N) is 2. The van der Waals surface area contributed by atoms with E-state index in [1.807, 2.05) is 24.0 Å². The highest BCUT2D eigenvalue weighted by atomic mass is 32.2. The average Bonchev–Trinajstić information content (AvgIpc) is 2.68. The van der Waals surface area contributed by atoms with Gasteiger partial charge in [0.1, 0.15) is 0 Å². The number of benzene rings is 2. The molecular formula is C22H25N3O3S. The number of amides is 1. The van der Waals surface area contributed by atoms with Crippen molar-refractivity contribution in [1.82, 2.24) is 4.90 Å². The van der Waals surface area contributed by atoms with Crippen molar-refractivity contribution in [3.63, 3.8) is 0 Å². The summed E-state index contributed by atoms with van der Waals surface area (Å²) in [6.45, 7) is 5.03. The monoisotopic (exact) mass is 411 g/mol. The summed E-state index contributed by atoms with van der Waals surface area (Å²) < 4.78 is 25.6. The molecule has 2 aromatic rings. The molecular weight excluding hydrogens is 386 g/mol. The lowest BCUT2D eigenvalue weighted by Gasteiger charge is -2.32. The lowest BCUT2D eigenvalue weighted by atomic mass is 9.87. The van der Waals surface area contributed by atoms with Gasteiger partial charge in [-0.1, -0.05) is 18.2 Å². The van der Waals surface area contributed by atoms with Crippen LogP contribution in [0.1, 0.15) is 51.4 Å². The van der Waals surface area contributed by atoms with Crippen LogP contribution in [0.4, 0.5) is 5.69 Å². The van der Waals surface area contributed by atoms with Gasteiger partial charge in [-0.2, -0.15) is 5.26 Å². The van der Waals surface area contributed by atoms with E-state index in [0.29, 0.717) is 35.8 Å². The molecule has 1 aliphatic rings. The number of likely N-dealkylation sites (tertiary alicyclic amines) is 1. The largest absolute Gasteiger partial charge is 0.339 e. The minimum atomic E-state index is -3.41. The molecule has 0 bridgehead atoms. The summed E-state index contributed by atoms with van der Waals surface area (Å²) in [7, 11) is -3.41. The van der Waals surface area contributed by atoms with E-state index >= 15 is 0 Å². The van der Waals surface area contributed by atoms with Crippen LogP contribution in [-0.4, -0.2) is 38.6 Å². The number of hydrogen-bond acceptors (Lipinski definition) is 4. The second-order valence-electron chi connectivity index (χ2n) is 7.66. The summed E-state index contributed by atoms with van der Waals surface area (Å²) in [4.78, 5) is 14.7. The number of carbonyl (C=O) groups excluding carboxylic acids is 1. The van der Waals surface area contributed by atoms with Crippen molar-refractivity contribution in [2.45, 2.75) is 32.6 Å². The van der Waals surface area contributed by atoms with Gasteiger partial charge in [0.2, 0.25) is 10.0 Å². The van der Waals surface area contributed by atoms with E-state index in [4.69, 9.17) is 5.26 Å². The zero-order valence-corrected chi connectivity index (χ0v) is 17.7. The van der Waals surface area contributed by atoms with E-state index in [-0.39, 0.29) is 5.91 Å². The number of sulfonamides is 1. The molecule has 3 rings (SSSR count). The fraction of sp³-hybridized carbons (Fsp3) is 0.364. The van der Waals surface area contributed by atoms with Crippen LogP contribution in [0, 0.1) is 25.2 Å². The molecule has 0 radical (unpaired) electrons. The van der Waals surface area contributed by atoms with Gasteiger partial charge in [0.25, 0.3) is 5.91 Å². The van der Waals surface area contributed by atoms with E-state index in [0.717, 1.165) is 30.2 Å². The predicted molar refractivity (Wildman–Crippen MR) is 113 cm³/mol. The molecule has 7 heteroatoms. The van der Waals surface area contributed by atoms with Gasteiger partial charge in [-0.3, -0.25) is 9.52 Å². The first-order valence-corrected chi connectivity index (χ1v) is 11.5. The van der Waals surface area contributed by atoms with Crippen LogP contribution in [0.15, 0.2) is 36.4 Å². The van der Waals surface area contributed by atoms with E-state index in [2.05, 4.69) is 16.9 Å². The Morgan fingerprint density at radius 2 is 1.79 bits per heavy atom. The standard InChI is InChI=1S/C22H25N3O3S/c1-15-4-5-19(13-21(15)24-29(3,27)28)22(26)25-10-8-17(9-11-25)18-6-7-20(14-23)16(2)12-18/h4-7,12-13,17,24H,8-11H2,1-3H3. The molecule has 29 heavy (non-hydrogen) atoms. The van der Waals surface area contributed by atoms with Crippen molar-refractivity contribution in [2.75, 3.05) is 24.1 Å². The lowest BCUT2D eigenvalue weighted by molar-refractivity contribution is 0.0713. The van der Waals surface area contributed by atoms with Crippen LogP contribution in [0.25, 0.3) is 0 Å². The minimum absolute atomic E-state index is 0.0870. The first-order valence-electron chi connectivity index (χ1n) is 9.56. The van der Waals surface area contributed by atoms with Crippen molar-refractivity contribution >= 4 is 21.6 Å². The molecule has 0 aromatic heterocycles. The topological polar surface area (TPSA) is 90.3 Å². The minimum Gasteiger partial charge on any atom is -0.339 e. The van der Waals surface area contributed by atoms with Gasteiger partial charge in [0.05, 0.1) is 23.6 Å². The van der Waals surface area contributed by atoms with Gasteiger partial charge in [-0.15, -0.1) is 0 Å². The Balaban J connectivity index is 1.70. The number of carbonyl (C=O) groups is 1. The quantitative estimate of drug-likeness (QED) is 0.833. The Bertz CT molecular complexity index is 1080. The SMILES string of the molecule is Cc1cc(C2CCN(C(=O)c3ccc(C)c(NS(C)(=O)=O)c3)CC2)ccc1C#N. The highest BCUT2D eigenvalue weighted by Crippen LogP contribution is 2.30. The summed E-state index contributed by atoms with van der Waals surface area (Å²) in [6.07, 6.45) is 2.81. The van der Waals surface area contributed by atoms with Crippen LogP contribution in [-0.2, 0) is 10.0 Å². The van der Waals surface area contributed by atoms with E-state index in [1.54, 1.807) is 25.1 Å². The number of nitriles is 1. The van der Waals surface area contributed by atoms with E-state index < -0.39 is 10.0 Å². The van der Waals surface area contributed by atoms with Crippen molar-refractivity contribution < 1.29 is 13.2 Å². The molecule has 1 saturated heterocycles. The molecule has 6 nitrogen and oxygen atoms in total. The fourth-order valence-electron chi connectivity index (χ4n) is 3.73. The zero-order chi connectivity index (χ0) is 21.2. The van der Waals surface area contributed by atoms with Gasteiger partial charge in [0.15, 0.2) is 0 Å². The smallest absolute Gasteiger partial charge is 0.253 e.